The quantitative estimate of drug-likeness (QED) is 0.879. The number of nitrogens with zero attached hydrogens (tertiary/aromatic N) is 2. The number of halogens is 1. The van der Waals surface area contributed by atoms with E-state index in [4.69, 9.17) is 5.73 Å². The van der Waals surface area contributed by atoms with E-state index in [0.717, 1.165) is 5.69 Å². The number of amides is 1. The van der Waals surface area contributed by atoms with Crippen LogP contribution < -0.4 is 5.73 Å². The summed E-state index contributed by atoms with van der Waals surface area (Å²) in [5, 5.41) is 0. The lowest BCUT2D eigenvalue weighted by molar-refractivity contribution is 0.0791. The van der Waals surface area contributed by atoms with Gasteiger partial charge in [-0.15, -0.1) is 0 Å². The molecule has 0 bridgehead atoms. The van der Waals surface area contributed by atoms with Crippen molar-refractivity contribution in [2.24, 2.45) is 0 Å². The SMILES string of the molecule is Cc1cc(N)cc(C(=O)N(C)CCc2ccccn2)c1F. The second-order valence-corrected chi connectivity index (χ2v) is 5.00. The molecule has 0 unspecified atom stereocenters. The molecule has 2 N–H and O–H groups in total. The summed E-state index contributed by atoms with van der Waals surface area (Å²) in [4.78, 5) is 18.0. The fourth-order valence-corrected chi connectivity index (χ4v) is 2.09. The number of likely N-dealkylation sites (N-methyl/N-ethyl adjacent to an activating group) is 1. The number of aryl methyl sites for hydroxylation is 1. The van der Waals surface area contributed by atoms with Gasteiger partial charge in [-0.05, 0) is 36.8 Å². The summed E-state index contributed by atoms with van der Waals surface area (Å²) in [5.74, 6) is -0.891. The number of nitrogens with two attached hydrogens (primary N) is 1. The maximum absolute atomic E-state index is 14.0. The molecule has 0 aliphatic rings. The third-order valence-corrected chi connectivity index (χ3v) is 3.28. The standard InChI is InChI=1S/C16H18FN3O/c1-11-9-12(18)10-14(15(11)17)16(21)20(2)8-6-13-5-3-4-7-19-13/h3-5,7,9-10H,6,8,18H2,1-2H3. The average molecular weight is 287 g/mol. The highest BCUT2D eigenvalue weighted by Gasteiger charge is 2.18. The molecule has 0 spiro atoms. The Balaban J connectivity index is 2.09. The van der Waals surface area contributed by atoms with Gasteiger partial charge in [0.1, 0.15) is 5.82 Å². The zero-order valence-electron chi connectivity index (χ0n) is 12.1. The predicted octanol–water partition coefficient (Wildman–Crippen LogP) is 2.43. The first-order valence-corrected chi connectivity index (χ1v) is 6.70. The van der Waals surface area contributed by atoms with Crippen LogP contribution in [0.25, 0.3) is 0 Å². The molecule has 2 rings (SSSR count). The largest absolute Gasteiger partial charge is 0.399 e. The summed E-state index contributed by atoms with van der Waals surface area (Å²) in [6, 6.07) is 8.51. The van der Waals surface area contributed by atoms with Crippen LogP contribution >= 0.6 is 0 Å². The Labute approximate surface area is 123 Å². The second-order valence-electron chi connectivity index (χ2n) is 5.00. The number of carbonyl (C=O) groups excluding carboxylic acids is 1. The van der Waals surface area contributed by atoms with Crippen molar-refractivity contribution in [3.05, 3.63) is 59.2 Å². The van der Waals surface area contributed by atoms with E-state index >= 15 is 0 Å². The fraction of sp³-hybridized carbons (Fsp3) is 0.250. The molecule has 0 fully saturated rings. The Hall–Kier alpha value is -2.43. The van der Waals surface area contributed by atoms with E-state index in [2.05, 4.69) is 4.98 Å². The van der Waals surface area contributed by atoms with Crippen molar-refractivity contribution in [3.8, 4) is 0 Å². The van der Waals surface area contributed by atoms with Crippen molar-refractivity contribution in [2.45, 2.75) is 13.3 Å². The van der Waals surface area contributed by atoms with Crippen molar-refractivity contribution in [3.63, 3.8) is 0 Å². The Morgan fingerprint density at radius 2 is 2.14 bits per heavy atom. The molecule has 0 atom stereocenters. The topological polar surface area (TPSA) is 59.2 Å². The van der Waals surface area contributed by atoms with Crippen LogP contribution in [0.1, 0.15) is 21.6 Å². The first-order valence-electron chi connectivity index (χ1n) is 6.70. The highest BCUT2D eigenvalue weighted by Crippen LogP contribution is 2.18. The molecular weight excluding hydrogens is 269 g/mol. The van der Waals surface area contributed by atoms with Crippen LogP contribution in [0.2, 0.25) is 0 Å². The first kappa shape index (κ1) is 15.0. The number of hydrogen-bond donors (Lipinski definition) is 1. The van der Waals surface area contributed by atoms with Gasteiger partial charge < -0.3 is 10.6 Å². The highest BCUT2D eigenvalue weighted by atomic mass is 19.1. The molecule has 4 nitrogen and oxygen atoms in total. The van der Waals surface area contributed by atoms with Crippen molar-refractivity contribution in [2.75, 3.05) is 19.3 Å². The summed E-state index contributed by atoms with van der Waals surface area (Å²) >= 11 is 0. The normalized spacial score (nSPS) is 10.4. The van der Waals surface area contributed by atoms with E-state index in [1.54, 1.807) is 20.2 Å². The molecule has 0 saturated heterocycles. The van der Waals surface area contributed by atoms with Crippen LogP contribution in [-0.4, -0.2) is 29.4 Å². The van der Waals surface area contributed by atoms with Crippen LogP contribution in [0.5, 0.6) is 0 Å². The molecule has 2 aromatic rings. The number of pyridine rings is 1. The Morgan fingerprint density at radius 1 is 1.38 bits per heavy atom. The Kier molecular flexibility index (Phi) is 4.52. The van der Waals surface area contributed by atoms with Crippen molar-refractivity contribution in [1.29, 1.82) is 0 Å². The molecule has 0 aliphatic heterocycles. The maximum Gasteiger partial charge on any atom is 0.256 e. The molecule has 1 aromatic carbocycles. The van der Waals surface area contributed by atoms with E-state index in [1.165, 1.54) is 17.0 Å². The van der Waals surface area contributed by atoms with Crippen molar-refractivity contribution < 1.29 is 9.18 Å². The number of rotatable bonds is 4. The third kappa shape index (κ3) is 3.56. The Morgan fingerprint density at radius 3 is 2.81 bits per heavy atom. The number of aromatic nitrogens is 1. The first-order chi connectivity index (χ1) is 9.99. The van der Waals surface area contributed by atoms with Crippen molar-refractivity contribution in [1.82, 2.24) is 9.88 Å². The maximum atomic E-state index is 14.0. The molecule has 110 valence electrons. The van der Waals surface area contributed by atoms with E-state index in [-0.39, 0.29) is 11.5 Å². The van der Waals surface area contributed by atoms with Gasteiger partial charge in [0.25, 0.3) is 5.91 Å². The van der Waals surface area contributed by atoms with Crippen LogP contribution in [0.3, 0.4) is 0 Å². The minimum absolute atomic E-state index is 0.0102. The van der Waals surface area contributed by atoms with Gasteiger partial charge in [-0.3, -0.25) is 9.78 Å². The number of nitrogen functional groups attached to an aromatic ring is 1. The lowest BCUT2D eigenvalue weighted by atomic mass is 10.1. The smallest absolute Gasteiger partial charge is 0.256 e. The van der Waals surface area contributed by atoms with Gasteiger partial charge in [0.2, 0.25) is 0 Å². The number of hydrogen-bond acceptors (Lipinski definition) is 3. The third-order valence-electron chi connectivity index (χ3n) is 3.28. The molecule has 5 heteroatoms. The van der Waals surface area contributed by atoms with E-state index in [9.17, 15) is 9.18 Å². The number of benzene rings is 1. The fourth-order valence-electron chi connectivity index (χ4n) is 2.09. The monoisotopic (exact) mass is 287 g/mol. The summed E-state index contributed by atoms with van der Waals surface area (Å²) in [6.45, 7) is 2.06. The van der Waals surface area contributed by atoms with Gasteiger partial charge in [0.05, 0.1) is 5.56 Å². The van der Waals surface area contributed by atoms with Crippen LogP contribution in [-0.2, 0) is 6.42 Å². The predicted molar refractivity (Wildman–Crippen MR) is 80.5 cm³/mol. The van der Waals surface area contributed by atoms with E-state index in [1.807, 2.05) is 18.2 Å². The number of anilines is 1. The van der Waals surface area contributed by atoms with Crippen LogP contribution in [0, 0.1) is 12.7 Å². The van der Waals surface area contributed by atoms with E-state index < -0.39 is 5.82 Å². The average Bonchev–Trinajstić information content (AvgIpc) is 2.48. The lowest BCUT2D eigenvalue weighted by Gasteiger charge is -2.18. The molecule has 1 aromatic heterocycles. The second kappa shape index (κ2) is 6.35. The Bertz CT molecular complexity index is 643. The van der Waals surface area contributed by atoms with Gasteiger partial charge in [-0.2, -0.15) is 0 Å². The molecular formula is C16H18FN3O. The lowest BCUT2D eigenvalue weighted by Crippen LogP contribution is -2.30. The summed E-state index contributed by atoms with van der Waals surface area (Å²) in [7, 11) is 1.64. The van der Waals surface area contributed by atoms with Gasteiger partial charge >= 0.3 is 0 Å². The van der Waals surface area contributed by atoms with Gasteiger partial charge in [-0.1, -0.05) is 6.07 Å². The van der Waals surface area contributed by atoms with E-state index in [0.29, 0.717) is 24.2 Å². The molecule has 0 radical (unpaired) electrons. The minimum Gasteiger partial charge on any atom is -0.399 e. The summed E-state index contributed by atoms with van der Waals surface area (Å²) in [5.41, 5.74) is 7.34. The minimum atomic E-state index is -0.515. The van der Waals surface area contributed by atoms with Crippen LogP contribution in [0.4, 0.5) is 10.1 Å². The van der Waals surface area contributed by atoms with Crippen molar-refractivity contribution >= 4 is 11.6 Å². The molecule has 21 heavy (non-hydrogen) atoms. The van der Waals surface area contributed by atoms with Gasteiger partial charge in [-0.25, -0.2) is 4.39 Å². The molecule has 1 heterocycles. The summed E-state index contributed by atoms with van der Waals surface area (Å²) in [6.07, 6.45) is 2.32. The molecule has 0 saturated carbocycles. The number of carbonyl (C=O) groups is 1. The van der Waals surface area contributed by atoms with Crippen LogP contribution in [0.15, 0.2) is 36.5 Å². The summed E-state index contributed by atoms with van der Waals surface area (Å²) < 4.78 is 14.0. The van der Waals surface area contributed by atoms with Gasteiger partial charge in [0.15, 0.2) is 0 Å². The molecule has 0 aliphatic carbocycles. The highest BCUT2D eigenvalue weighted by molar-refractivity contribution is 5.95. The zero-order chi connectivity index (χ0) is 15.4. The zero-order valence-corrected chi connectivity index (χ0v) is 12.1. The molecule has 1 amide bonds. The van der Waals surface area contributed by atoms with Gasteiger partial charge in [0, 0.05) is 37.6 Å².